The van der Waals surface area contributed by atoms with Crippen molar-refractivity contribution in [1.29, 1.82) is 0 Å². The molecule has 5 nitrogen and oxygen atoms in total. The van der Waals surface area contributed by atoms with Gasteiger partial charge < -0.3 is 0 Å². The summed E-state index contributed by atoms with van der Waals surface area (Å²) in [5.74, 6) is -1.14. The van der Waals surface area contributed by atoms with Gasteiger partial charge in [0.05, 0.1) is 0 Å². The topological polar surface area (TPSA) is 98.0 Å². The van der Waals surface area contributed by atoms with Gasteiger partial charge in [-0.05, 0) is 0 Å². The Morgan fingerprint density at radius 2 is 1.32 bits per heavy atom. The first-order valence-electron chi connectivity index (χ1n) is 7.53. The van der Waals surface area contributed by atoms with Gasteiger partial charge in [0.15, 0.2) is 0 Å². The van der Waals surface area contributed by atoms with Gasteiger partial charge in [-0.3, -0.25) is 0 Å². The summed E-state index contributed by atoms with van der Waals surface area (Å²) < 4.78 is 0. The van der Waals surface area contributed by atoms with Crippen LogP contribution in [0.5, 0.6) is 0 Å². The summed E-state index contributed by atoms with van der Waals surface area (Å²) in [6.07, 6.45) is 0. The molecular weight excluding hydrogens is 339 g/mol. The molecule has 3 aromatic carbocycles. The summed E-state index contributed by atoms with van der Waals surface area (Å²) in [4.78, 5) is 44.0. The molecule has 0 aliphatic rings. The molecule has 0 saturated heterocycles. The average Bonchev–Trinajstić information content (AvgIpc) is 2.62. The van der Waals surface area contributed by atoms with E-state index >= 15 is 0 Å². The summed E-state index contributed by atoms with van der Waals surface area (Å²) in [5.41, 5.74) is 0.819. The average molecular weight is 356 g/mol. The third kappa shape index (κ3) is 3.18. The molecule has 4 N–H and O–H groups in total. The molecule has 0 unspecified atom stereocenters. The normalized spacial score (nSPS) is 13.0. The molecule has 3 aromatic rings. The molecule has 3 rings (SSSR count). The van der Waals surface area contributed by atoms with E-state index in [0.29, 0.717) is 5.56 Å². The Morgan fingerprint density at radius 3 is 1.88 bits per heavy atom. The van der Waals surface area contributed by atoms with Crippen molar-refractivity contribution in [2.75, 3.05) is 0 Å². The van der Waals surface area contributed by atoms with E-state index in [4.69, 9.17) is 0 Å². The molecular formula is C19H17O5P. The third-order valence-electron chi connectivity index (χ3n) is 4.00. The van der Waals surface area contributed by atoms with Gasteiger partial charge in [0, 0.05) is 0 Å². The van der Waals surface area contributed by atoms with Crippen LogP contribution in [-0.4, -0.2) is 25.8 Å². The molecule has 0 amide bonds. The van der Waals surface area contributed by atoms with E-state index in [1.165, 1.54) is 30.3 Å². The quantitative estimate of drug-likeness (QED) is 0.538. The zero-order valence-corrected chi connectivity index (χ0v) is 14.0. The molecule has 6 heteroatoms. The molecule has 0 spiro atoms. The van der Waals surface area contributed by atoms with Crippen LogP contribution in [0.4, 0.5) is 0 Å². The SMILES string of the molecule is O=C(O)c1ccc(P(O)(O)(O)c2ccccc2)c(-c2ccccc2)c1. The van der Waals surface area contributed by atoms with Gasteiger partial charge in [0.2, 0.25) is 0 Å². The predicted octanol–water partition coefficient (Wildman–Crippen LogP) is 2.28. The Morgan fingerprint density at radius 1 is 0.760 bits per heavy atom. The van der Waals surface area contributed by atoms with Crippen molar-refractivity contribution in [1.82, 2.24) is 0 Å². The Bertz CT molecular complexity index is 915. The summed E-state index contributed by atoms with van der Waals surface area (Å²) >= 11 is 0. The van der Waals surface area contributed by atoms with Gasteiger partial charge in [0.1, 0.15) is 0 Å². The van der Waals surface area contributed by atoms with Crippen LogP contribution < -0.4 is 10.6 Å². The van der Waals surface area contributed by atoms with Crippen molar-refractivity contribution in [3.63, 3.8) is 0 Å². The van der Waals surface area contributed by atoms with Gasteiger partial charge in [-0.1, -0.05) is 0 Å². The van der Waals surface area contributed by atoms with Gasteiger partial charge in [-0.2, -0.15) is 0 Å². The second-order valence-electron chi connectivity index (χ2n) is 5.72. The molecule has 0 bridgehead atoms. The zero-order valence-electron chi connectivity index (χ0n) is 13.1. The van der Waals surface area contributed by atoms with E-state index in [9.17, 15) is 24.6 Å². The Kier molecular flexibility index (Phi) is 4.19. The number of carboxylic acids is 1. The van der Waals surface area contributed by atoms with Crippen molar-refractivity contribution in [2.45, 2.75) is 0 Å². The molecule has 0 radical (unpaired) electrons. The van der Waals surface area contributed by atoms with Crippen molar-refractivity contribution >= 4 is 23.9 Å². The molecule has 0 atom stereocenters. The molecule has 0 aromatic heterocycles. The fraction of sp³-hybridized carbons (Fsp3) is 0. The standard InChI is InChI=1S/C19H17O5P/c20-19(21)15-11-12-18(17(13-15)14-7-3-1-4-8-14)25(22,23,24)16-9-5-2-6-10-16/h1-13,22-24H,(H,20,21). The fourth-order valence-corrected chi connectivity index (χ4v) is 4.70. The van der Waals surface area contributed by atoms with Crippen molar-refractivity contribution in [3.8, 4) is 11.1 Å². The van der Waals surface area contributed by atoms with Crippen LogP contribution >= 0.6 is 7.28 Å². The van der Waals surface area contributed by atoms with Crippen LogP contribution in [0.3, 0.4) is 0 Å². The maximum absolute atomic E-state index is 11.3. The van der Waals surface area contributed by atoms with Gasteiger partial charge in [-0.25, -0.2) is 0 Å². The van der Waals surface area contributed by atoms with E-state index in [2.05, 4.69) is 0 Å². The number of hydrogen-bond donors (Lipinski definition) is 4. The van der Waals surface area contributed by atoms with Crippen molar-refractivity contribution in [2.24, 2.45) is 0 Å². The number of carbonyl (C=O) groups is 1. The summed E-state index contributed by atoms with van der Waals surface area (Å²) in [6.45, 7) is 0. The molecule has 0 saturated carbocycles. The molecule has 25 heavy (non-hydrogen) atoms. The Hall–Kier alpha value is -2.56. The van der Waals surface area contributed by atoms with Crippen molar-refractivity contribution in [3.05, 3.63) is 84.4 Å². The zero-order chi connectivity index (χ0) is 18.1. The van der Waals surface area contributed by atoms with Crippen LogP contribution in [0.15, 0.2) is 78.9 Å². The third-order valence-corrected chi connectivity index (χ3v) is 6.53. The predicted molar refractivity (Wildman–Crippen MR) is 98.1 cm³/mol. The second kappa shape index (κ2) is 6.06. The summed E-state index contributed by atoms with van der Waals surface area (Å²) in [7, 11) is -5.43. The monoisotopic (exact) mass is 356 g/mol. The first-order chi connectivity index (χ1) is 11.8. The van der Waals surface area contributed by atoms with E-state index in [-0.39, 0.29) is 21.7 Å². The van der Waals surface area contributed by atoms with Gasteiger partial charge >= 0.3 is 144 Å². The first-order valence-corrected chi connectivity index (χ1v) is 9.63. The van der Waals surface area contributed by atoms with Crippen molar-refractivity contribution < 1.29 is 24.6 Å². The number of benzene rings is 3. The first kappa shape index (κ1) is 17.3. The number of hydrogen-bond acceptors (Lipinski definition) is 4. The van der Waals surface area contributed by atoms with E-state index < -0.39 is 13.3 Å². The van der Waals surface area contributed by atoms with Gasteiger partial charge in [0.25, 0.3) is 0 Å². The summed E-state index contributed by atoms with van der Waals surface area (Å²) in [5, 5.41) is 9.13. The minimum atomic E-state index is -5.43. The van der Waals surface area contributed by atoms with Crippen LogP contribution in [0.1, 0.15) is 10.4 Å². The number of carboxylic acid groups (broad SMARTS) is 1. The Balaban J connectivity index is 2.31. The minimum absolute atomic E-state index is 0.0115. The fourth-order valence-electron chi connectivity index (χ4n) is 2.72. The van der Waals surface area contributed by atoms with Gasteiger partial charge in [-0.15, -0.1) is 0 Å². The van der Waals surface area contributed by atoms with Crippen LogP contribution in [0.2, 0.25) is 0 Å². The summed E-state index contributed by atoms with van der Waals surface area (Å²) in [6, 6.07) is 20.3. The van der Waals surface area contributed by atoms with E-state index in [1.54, 1.807) is 48.5 Å². The Labute approximate surface area is 144 Å². The van der Waals surface area contributed by atoms with Crippen LogP contribution in [-0.2, 0) is 0 Å². The van der Waals surface area contributed by atoms with Crippen LogP contribution in [0.25, 0.3) is 11.1 Å². The number of rotatable bonds is 4. The molecule has 0 fully saturated rings. The molecule has 0 aliphatic carbocycles. The molecule has 128 valence electrons. The van der Waals surface area contributed by atoms with E-state index in [1.807, 2.05) is 0 Å². The van der Waals surface area contributed by atoms with E-state index in [0.717, 1.165) is 0 Å². The second-order valence-corrected chi connectivity index (χ2v) is 8.68. The maximum atomic E-state index is 11.3. The van der Waals surface area contributed by atoms with Crippen LogP contribution in [0, 0.1) is 0 Å². The molecule has 0 aliphatic heterocycles. The molecule has 0 heterocycles. The number of aromatic carboxylic acids is 1.